The second kappa shape index (κ2) is 6.09. The van der Waals surface area contributed by atoms with Crippen LogP contribution in [0.15, 0.2) is 42.5 Å². The molecule has 0 saturated carbocycles. The molecule has 0 radical (unpaired) electrons. The van der Waals surface area contributed by atoms with Crippen molar-refractivity contribution < 1.29 is 9.13 Å². The molecule has 0 amide bonds. The van der Waals surface area contributed by atoms with Crippen molar-refractivity contribution in [2.75, 3.05) is 17.7 Å². The number of rotatable bonds is 5. The largest absolute Gasteiger partial charge is 0.494 e. The summed E-state index contributed by atoms with van der Waals surface area (Å²) in [5.41, 5.74) is 7.98. The molecule has 2 aromatic carbocycles. The summed E-state index contributed by atoms with van der Waals surface area (Å²) < 4.78 is 18.5. The van der Waals surface area contributed by atoms with Crippen LogP contribution in [0, 0.1) is 5.82 Å². The molecule has 100 valence electrons. The zero-order chi connectivity index (χ0) is 13.7. The van der Waals surface area contributed by atoms with Crippen LogP contribution in [0.1, 0.15) is 12.5 Å². The van der Waals surface area contributed by atoms with Crippen molar-refractivity contribution in [2.24, 2.45) is 0 Å². The van der Waals surface area contributed by atoms with E-state index in [0.29, 0.717) is 24.5 Å². The van der Waals surface area contributed by atoms with Gasteiger partial charge in [-0.15, -0.1) is 0 Å². The number of hydrogen-bond donors (Lipinski definition) is 2. The number of benzene rings is 2. The second-order valence-corrected chi connectivity index (χ2v) is 4.16. The van der Waals surface area contributed by atoms with Crippen molar-refractivity contribution in [3.8, 4) is 5.75 Å². The molecule has 0 unspecified atom stereocenters. The van der Waals surface area contributed by atoms with Crippen molar-refractivity contribution in [1.29, 1.82) is 0 Å². The zero-order valence-corrected chi connectivity index (χ0v) is 10.8. The van der Waals surface area contributed by atoms with Gasteiger partial charge in [-0.05, 0) is 42.8 Å². The summed E-state index contributed by atoms with van der Waals surface area (Å²) in [7, 11) is 0. The highest BCUT2D eigenvalue weighted by molar-refractivity contribution is 5.65. The normalized spacial score (nSPS) is 10.2. The maximum atomic E-state index is 13.1. The van der Waals surface area contributed by atoms with Crippen LogP contribution >= 0.6 is 0 Å². The summed E-state index contributed by atoms with van der Waals surface area (Å²) in [6, 6.07) is 12.0. The Morgan fingerprint density at radius 1 is 1.16 bits per heavy atom. The lowest BCUT2D eigenvalue weighted by atomic mass is 10.2. The Balaban J connectivity index is 2.00. The monoisotopic (exact) mass is 260 g/mol. The van der Waals surface area contributed by atoms with Gasteiger partial charge in [-0.3, -0.25) is 0 Å². The highest BCUT2D eigenvalue weighted by Crippen LogP contribution is 2.20. The topological polar surface area (TPSA) is 47.3 Å². The van der Waals surface area contributed by atoms with Crippen LogP contribution in [0.4, 0.5) is 15.8 Å². The predicted molar refractivity (Wildman–Crippen MR) is 75.8 cm³/mol. The van der Waals surface area contributed by atoms with Gasteiger partial charge in [0.1, 0.15) is 11.6 Å². The zero-order valence-electron chi connectivity index (χ0n) is 10.8. The molecule has 3 N–H and O–H groups in total. The fraction of sp³-hybridized carbons (Fsp3) is 0.200. The van der Waals surface area contributed by atoms with Gasteiger partial charge in [0, 0.05) is 6.54 Å². The van der Waals surface area contributed by atoms with Crippen LogP contribution < -0.4 is 15.8 Å². The highest BCUT2D eigenvalue weighted by atomic mass is 19.1. The van der Waals surface area contributed by atoms with Gasteiger partial charge < -0.3 is 15.8 Å². The van der Waals surface area contributed by atoms with Gasteiger partial charge in [0.25, 0.3) is 0 Å². The van der Waals surface area contributed by atoms with Crippen LogP contribution in [0.3, 0.4) is 0 Å². The van der Waals surface area contributed by atoms with Gasteiger partial charge in [0.2, 0.25) is 0 Å². The van der Waals surface area contributed by atoms with E-state index in [2.05, 4.69) is 5.32 Å². The first-order chi connectivity index (χ1) is 9.19. The summed E-state index contributed by atoms with van der Waals surface area (Å²) in [4.78, 5) is 0. The van der Waals surface area contributed by atoms with Gasteiger partial charge in [0.15, 0.2) is 0 Å². The molecule has 4 heteroatoms. The smallest absolute Gasteiger partial charge is 0.125 e. The molecule has 0 spiro atoms. The second-order valence-electron chi connectivity index (χ2n) is 4.16. The number of nitrogen functional groups attached to an aromatic ring is 1. The molecule has 19 heavy (non-hydrogen) atoms. The summed E-state index contributed by atoms with van der Waals surface area (Å²) >= 11 is 0. The minimum atomic E-state index is -0.302. The first kappa shape index (κ1) is 13.2. The average Bonchev–Trinajstić information content (AvgIpc) is 2.42. The van der Waals surface area contributed by atoms with E-state index in [9.17, 15) is 4.39 Å². The number of ether oxygens (including phenoxy) is 1. The van der Waals surface area contributed by atoms with Crippen LogP contribution in [0.25, 0.3) is 0 Å². The van der Waals surface area contributed by atoms with Crippen molar-refractivity contribution in [2.45, 2.75) is 13.5 Å². The summed E-state index contributed by atoms with van der Waals surface area (Å²) in [5, 5.41) is 3.12. The van der Waals surface area contributed by atoms with E-state index in [1.165, 1.54) is 12.1 Å². The molecule has 3 nitrogen and oxygen atoms in total. The van der Waals surface area contributed by atoms with E-state index in [1.54, 1.807) is 6.07 Å². The van der Waals surface area contributed by atoms with Crippen molar-refractivity contribution in [3.63, 3.8) is 0 Å². The molecular formula is C15H17FN2O. The Morgan fingerprint density at radius 3 is 2.58 bits per heavy atom. The first-order valence-corrected chi connectivity index (χ1v) is 6.19. The Bertz CT molecular complexity index is 540. The molecule has 0 aliphatic rings. The van der Waals surface area contributed by atoms with Crippen LogP contribution in [0.5, 0.6) is 5.75 Å². The number of nitrogens with two attached hydrogens (primary N) is 1. The van der Waals surface area contributed by atoms with E-state index in [1.807, 2.05) is 31.2 Å². The van der Waals surface area contributed by atoms with Crippen molar-refractivity contribution in [1.82, 2.24) is 0 Å². The Kier molecular flexibility index (Phi) is 4.23. The number of anilines is 2. The van der Waals surface area contributed by atoms with Crippen molar-refractivity contribution in [3.05, 3.63) is 53.8 Å². The molecule has 2 rings (SSSR count). The standard InChI is InChI=1S/C15H17FN2O/c1-2-19-13-6-3-11(4-7-13)10-18-15-9-12(16)5-8-14(15)17/h3-9,18H,2,10,17H2,1H3. The minimum absolute atomic E-state index is 0.302. The predicted octanol–water partition coefficient (Wildman–Crippen LogP) is 3.42. The van der Waals surface area contributed by atoms with Crippen molar-refractivity contribution >= 4 is 11.4 Å². The lowest BCUT2D eigenvalue weighted by Crippen LogP contribution is -2.03. The molecule has 0 aliphatic carbocycles. The van der Waals surface area contributed by atoms with E-state index < -0.39 is 0 Å². The van der Waals surface area contributed by atoms with Gasteiger partial charge in [-0.2, -0.15) is 0 Å². The molecule has 0 fully saturated rings. The molecule has 0 atom stereocenters. The summed E-state index contributed by atoms with van der Waals surface area (Å²) in [6.45, 7) is 3.18. The molecule has 0 aromatic heterocycles. The minimum Gasteiger partial charge on any atom is -0.494 e. The fourth-order valence-corrected chi connectivity index (χ4v) is 1.75. The molecule has 0 bridgehead atoms. The third-order valence-corrected chi connectivity index (χ3v) is 2.73. The van der Waals surface area contributed by atoms with E-state index in [-0.39, 0.29) is 5.82 Å². The van der Waals surface area contributed by atoms with Crippen LogP contribution in [-0.2, 0) is 6.54 Å². The number of hydrogen-bond acceptors (Lipinski definition) is 3. The maximum absolute atomic E-state index is 13.1. The van der Waals surface area contributed by atoms with Gasteiger partial charge in [-0.1, -0.05) is 12.1 Å². The van der Waals surface area contributed by atoms with Gasteiger partial charge in [-0.25, -0.2) is 4.39 Å². The third kappa shape index (κ3) is 3.61. The summed E-state index contributed by atoms with van der Waals surface area (Å²) in [5.74, 6) is 0.542. The van der Waals surface area contributed by atoms with Crippen LogP contribution in [-0.4, -0.2) is 6.61 Å². The molecule has 0 aliphatic heterocycles. The van der Waals surface area contributed by atoms with Crippen LogP contribution in [0.2, 0.25) is 0 Å². The molecular weight excluding hydrogens is 243 g/mol. The van der Waals surface area contributed by atoms with Gasteiger partial charge >= 0.3 is 0 Å². The van der Waals surface area contributed by atoms with E-state index >= 15 is 0 Å². The third-order valence-electron chi connectivity index (χ3n) is 2.73. The molecule has 0 saturated heterocycles. The lowest BCUT2D eigenvalue weighted by molar-refractivity contribution is 0.340. The molecule has 2 aromatic rings. The SMILES string of the molecule is CCOc1ccc(CNc2cc(F)ccc2N)cc1. The quantitative estimate of drug-likeness (QED) is 0.810. The number of halogens is 1. The Morgan fingerprint density at radius 2 is 1.89 bits per heavy atom. The summed E-state index contributed by atoms with van der Waals surface area (Å²) in [6.07, 6.45) is 0. The first-order valence-electron chi connectivity index (χ1n) is 6.19. The fourth-order valence-electron chi connectivity index (χ4n) is 1.75. The Hall–Kier alpha value is -2.23. The average molecular weight is 260 g/mol. The Labute approximate surface area is 112 Å². The van der Waals surface area contributed by atoms with E-state index in [4.69, 9.17) is 10.5 Å². The van der Waals surface area contributed by atoms with Gasteiger partial charge in [0.05, 0.1) is 18.0 Å². The lowest BCUT2D eigenvalue weighted by Gasteiger charge is -2.10. The number of nitrogens with one attached hydrogen (secondary N) is 1. The molecule has 0 heterocycles. The maximum Gasteiger partial charge on any atom is 0.125 e. The van der Waals surface area contributed by atoms with E-state index in [0.717, 1.165) is 11.3 Å². The highest BCUT2D eigenvalue weighted by Gasteiger charge is 2.01.